The molecule has 1 fully saturated rings. The largest absolute Gasteiger partial charge is 0.494 e. The van der Waals surface area contributed by atoms with Gasteiger partial charge in [0.15, 0.2) is 11.6 Å². The zero-order chi connectivity index (χ0) is 12.3. The van der Waals surface area contributed by atoms with Crippen molar-refractivity contribution in [2.24, 2.45) is 0 Å². The van der Waals surface area contributed by atoms with Crippen LogP contribution in [0.5, 0.6) is 5.75 Å². The van der Waals surface area contributed by atoms with Gasteiger partial charge in [-0.25, -0.2) is 4.39 Å². The van der Waals surface area contributed by atoms with E-state index in [1.54, 1.807) is 12.1 Å². The van der Waals surface area contributed by atoms with E-state index in [2.05, 4.69) is 0 Å². The molecule has 0 N–H and O–H groups in total. The van der Waals surface area contributed by atoms with Crippen LogP contribution in [0, 0.1) is 5.82 Å². The predicted octanol–water partition coefficient (Wildman–Crippen LogP) is 3.68. The van der Waals surface area contributed by atoms with Gasteiger partial charge in [0.1, 0.15) is 0 Å². The van der Waals surface area contributed by atoms with Gasteiger partial charge >= 0.3 is 0 Å². The van der Waals surface area contributed by atoms with Gasteiger partial charge in [0.25, 0.3) is 0 Å². The number of ether oxygens (including phenoxy) is 2. The summed E-state index contributed by atoms with van der Waals surface area (Å²) in [5, 5.41) is -0.296. The van der Waals surface area contributed by atoms with Crippen molar-refractivity contribution in [3.63, 3.8) is 0 Å². The number of hydrogen-bond donors (Lipinski definition) is 0. The van der Waals surface area contributed by atoms with Crippen LogP contribution in [-0.4, -0.2) is 19.8 Å². The van der Waals surface area contributed by atoms with Crippen LogP contribution in [0.2, 0.25) is 0 Å². The summed E-state index contributed by atoms with van der Waals surface area (Å²) in [6.07, 6.45) is 3.11. The molecule has 0 amide bonds. The maximum absolute atomic E-state index is 13.6. The highest BCUT2D eigenvalue weighted by Gasteiger charge is 2.24. The molecular formula is C13H16ClFO2. The van der Waals surface area contributed by atoms with E-state index in [1.165, 1.54) is 13.2 Å². The fraction of sp³-hybridized carbons (Fsp3) is 0.538. The summed E-state index contributed by atoms with van der Waals surface area (Å²) < 4.78 is 24.0. The summed E-state index contributed by atoms with van der Waals surface area (Å²) in [5.74, 6) is -0.145. The Hall–Kier alpha value is -0.800. The Bertz CT molecular complexity index is 378. The quantitative estimate of drug-likeness (QED) is 0.770. The molecule has 1 heterocycles. The van der Waals surface area contributed by atoms with E-state index in [1.807, 2.05) is 0 Å². The minimum Gasteiger partial charge on any atom is -0.494 e. The maximum atomic E-state index is 13.6. The van der Waals surface area contributed by atoms with E-state index >= 15 is 0 Å². The van der Waals surface area contributed by atoms with Crippen molar-refractivity contribution >= 4 is 11.6 Å². The molecule has 1 aliphatic heterocycles. The molecule has 1 aromatic carbocycles. The van der Waals surface area contributed by atoms with E-state index in [9.17, 15) is 4.39 Å². The minimum atomic E-state index is -0.383. The number of methoxy groups -OCH3 is 1. The summed E-state index contributed by atoms with van der Waals surface area (Å²) in [6, 6.07) is 4.81. The van der Waals surface area contributed by atoms with E-state index in [0.717, 1.165) is 31.4 Å². The maximum Gasteiger partial charge on any atom is 0.165 e. The van der Waals surface area contributed by atoms with E-state index in [-0.39, 0.29) is 23.0 Å². The van der Waals surface area contributed by atoms with Crippen LogP contribution >= 0.6 is 11.6 Å². The van der Waals surface area contributed by atoms with Crippen LogP contribution in [0.4, 0.5) is 4.39 Å². The van der Waals surface area contributed by atoms with Gasteiger partial charge in [-0.3, -0.25) is 0 Å². The van der Waals surface area contributed by atoms with Crippen LogP contribution in [0.3, 0.4) is 0 Å². The second-order valence-corrected chi connectivity index (χ2v) is 4.67. The van der Waals surface area contributed by atoms with Crippen molar-refractivity contribution in [1.82, 2.24) is 0 Å². The van der Waals surface area contributed by atoms with Gasteiger partial charge in [-0.05, 0) is 37.0 Å². The van der Waals surface area contributed by atoms with Gasteiger partial charge in [0.2, 0.25) is 0 Å². The van der Waals surface area contributed by atoms with Gasteiger partial charge in [-0.15, -0.1) is 11.6 Å². The predicted molar refractivity (Wildman–Crippen MR) is 65.1 cm³/mol. The summed E-state index contributed by atoms with van der Waals surface area (Å²) in [6.45, 7) is 0.743. The molecule has 1 aromatic rings. The molecule has 2 rings (SSSR count). The molecule has 1 saturated heterocycles. The second-order valence-electron chi connectivity index (χ2n) is 4.20. The number of halogens is 2. The molecule has 0 bridgehead atoms. The first-order valence-electron chi connectivity index (χ1n) is 5.81. The van der Waals surface area contributed by atoms with Crippen molar-refractivity contribution in [1.29, 1.82) is 0 Å². The molecule has 0 radical (unpaired) electrons. The summed E-state index contributed by atoms with van der Waals surface area (Å²) >= 11 is 6.32. The Morgan fingerprint density at radius 3 is 2.88 bits per heavy atom. The number of benzene rings is 1. The van der Waals surface area contributed by atoms with Crippen molar-refractivity contribution in [2.45, 2.75) is 30.7 Å². The molecule has 2 unspecified atom stereocenters. The van der Waals surface area contributed by atoms with Gasteiger partial charge in [0.05, 0.1) is 18.6 Å². The van der Waals surface area contributed by atoms with Crippen LogP contribution in [0.1, 0.15) is 30.2 Å². The number of rotatable bonds is 3. The number of hydrogen-bond acceptors (Lipinski definition) is 2. The lowest BCUT2D eigenvalue weighted by Gasteiger charge is -2.27. The zero-order valence-corrected chi connectivity index (χ0v) is 10.5. The molecular weight excluding hydrogens is 243 g/mol. The first kappa shape index (κ1) is 12.7. The number of alkyl halides is 1. The van der Waals surface area contributed by atoms with Gasteiger partial charge in [-0.1, -0.05) is 6.07 Å². The molecule has 1 aliphatic rings. The molecule has 94 valence electrons. The Balaban J connectivity index is 2.12. The molecule has 4 heteroatoms. The first-order chi connectivity index (χ1) is 8.22. The van der Waals surface area contributed by atoms with Crippen LogP contribution in [0.15, 0.2) is 18.2 Å². The normalized spacial score (nSPS) is 22.2. The van der Waals surface area contributed by atoms with Crippen molar-refractivity contribution in [3.8, 4) is 5.75 Å². The summed E-state index contributed by atoms with van der Waals surface area (Å²) in [4.78, 5) is 0. The highest BCUT2D eigenvalue weighted by molar-refractivity contribution is 6.21. The molecule has 2 nitrogen and oxygen atoms in total. The molecule has 17 heavy (non-hydrogen) atoms. The Morgan fingerprint density at radius 2 is 2.29 bits per heavy atom. The first-order valence-corrected chi connectivity index (χ1v) is 6.25. The van der Waals surface area contributed by atoms with Crippen molar-refractivity contribution in [3.05, 3.63) is 29.6 Å². The van der Waals surface area contributed by atoms with Crippen LogP contribution in [-0.2, 0) is 4.74 Å². The molecule has 0 saturated carbocycles. The average Bonchev–Trinajstić information content (AvgIpc) is 2.39. The Morgan fingerprint density at radius 1 is 1.47 bits per heavy atom. The Labute approximate surface area is 106 Å². The molecule has 0 aliphatic carbocycles. The highest BCUT2D eigenvalue weighted by atomic mass is 35.5. The average molecular weight is 259 g/mol. The van der Waals surface area contributed by atoms with Crippen molar-refractivity contribution < 1.29 is 13.9 Å². The van der Waals surface area contributed by atoms with Gasteiger partial charge in [0, 0.05) is 6.61 Å². The third-order valence-electron chi connectivity index (χ3n) is 3.04. The van der Waals surface area contributed by atoms with Crippen molar-refractivity contribution in [2.75, 3.05) is 13.7 Å². The van der Waals surface area contributed by atoms with E-state index in [0.29, 0.717) is 0 Å². The topological polar surface area (TPSA) is 18.5 Å². The van der Waals surface area contributed by atoms with E-state index in [4.69, 9.17) is 21.1 Å². The lowest BCUT2D eigenvalue weighted by Crippen LogP contribution is -2.23. The summed E-state index contributed by atoms with van der Waals surface area (Å²) in [5.41, 5.74) is 0.747. The second kappa shape index (κ2) is 5.69. The Kier molecular flexibility index (Phi) is 4.24. The third-order valence-corrected chi connectivity index (χ3v) is 3.57. The molecule has 0 aromatic heterocycles. The van der Waals surface area contributed by atoms with E-state index < -0.39 is 0 Å². The van der Waals surface area contributed by atoms with Gasteiger partial charge in [-0.2, -0.15) is 0 Å². The monoisotopic (exact) mass is 258 g/mol. The lowest BCUT2D eigenvalue weighted by atomic mass is 10.0. The standard InChI is InChI=1S/C13H16ClFO2/c1-16-11-6-5-9(8-10(11)15)13(14)12-4-2-3-7-17-12/h5-6,8,12-13H,2-4,7H2,1H3. The minimum absolute atomic E-state index is 0.0155. The smallest absolute Gasteiger partial charge is 0.165 e. The van der Waals surface area contributed by atoms with Crippen LogP contribution < -0.4 is 4.74 Å². The third kappa shape index (κ3) is 2.90. The highest BCUT2D eigenvalue weighted by Crippen LogP contribution is 2.33. The molecule has 2 atom stereocenters. The fourth-order valence-corrected chi connectivity index (χ4v) is 2.40. The molecule has 0 spiro atoms. The van der Waals surface area contributed by atoms with Gasteiger partial charge < -0.3 is 9.47 Å². The SMILES string of the molecule is COc1ccc(C(Cl)C2CCCCO2)cc1F. The summed E-state index contributed by atoms with van der Waals surface area (Å²) in [7, 11) is 1.44. The zero-order valence-electron chi connectivity index (χ0n) is 9.79. The lowest BCUT2D eigenvalue weighted by molar-refractivity contribution is 0.0135. The van der Waals surface area contributed by atoms with Crippen LogP contribution in [0.25, 0.3) is 0 Å². The fourth-order valence-electron chi connectivity index (χ4n) is 2.07.